The summed E-state index contributed by atoms with van der Waals surface area (Å²) < 4.78 is 7.40. The summed E-state index contributed by atoms with van der Waals surface area (Å²) in [5.74, 6) is 0.210. The van der Waals surface area contributed by atoms with Gasteiger partial charge in [-0.2, -0.15) is 5.10 Å². The smallest absolute Gasteiger partial charge is 0.177 e. The molecule has 122 valence electrons. The minimum absolute atomic E-state index is 0.0201. The van der Waals surface area contributed by atoms with Crippen LogP contribution in [0.15, 0.2) is 24.7 Å². The van der Waals surface area contributed by atoms with E-state index in [9.17, 15) is 4.79 Å². The zero-order valence-electron chi connectivity index (χ0n) is 13.3. The van der Waals surface area contributed by atoms with Gasteiger partial charge in [-0.3, -0.25) is 9.80 Å². The van der Waals surface area contributed by atoms with Crippen LogP contribution in [0.2, 0.25) is 25.7 Å². The number of nitrogens with one attached hydrogen (secondary N) is 1. The van der Waals surface area contributed by atoms with Gasteiger partial charge in [0.1, 0.15) is 12.8 Å². The lowest BCUT2D eigenvalue weighted by atomic mass is 10.2. The molecule has 0 spiro atoms. The molecular weight excluding hydrogens is 320 g/mol. The molecule has 2 heterocycles. The Hall–Kier alpha value is -1.15. The van der Waals surface area contributed by atoms with Crippen LogP contribution < -0.4 is 10.4 Å². The Balaban J connectivity index is 1.86. The van der Waals surface area contributed by atoms with Gasteiger partial charge in [-0.05, 0) is 6.04 Å². The van der Waals surface area contributed by atoms with Crippen LogP contribution in [-0.2, 0) is 16.3 Å². The number of hydrogen-bond donors (Lipinski definition) is 1. The van der Waals surface area contributed by atoms with Crippen LogP contribution >= 0.6 is 11.6 Å². The van der Waals surface area contributed by atoms with E-state index >= 15 is 0 Å². The van der Waals surface area contributed by atoms with Crippen LogP contribution in [0.25, 0.3) is 0 Å². The lowest BCUT2D eigenvalue weighted by Gasteiger charge is -2.27. The molecule has 1 aliphatic heterocycles. The molecule has 1 aromatic rings. The fraction of sp³-hybridized carbons (Fsp3) is 0.571. The maximum Gasteiger partial charge on any atom is 0.177 e. The van der Waals surface area contributed by atoms with E-state index in [4.69, 9.17) is 16.3 Å². The van der Waals surface area contributed by atoms with E-state index in [2.05, 4.69) is 30.2 Å². The second-order valence-electron chi connectivity index (χ2n) is 6.51. The first kappa shape index (κ1) is 17.2. The molecular formula is C14H23ClN4O2Si. The molecule has 0 fully saturated rings. The minimum Gasteiger partial charge on any atom is -0.360 e. The fourth-order valence-electron chi connectivity index (χ4n) is 1.89. The summed E-state index contributed by atoms with van der Waals surface area (Å²) in [5.41, 5.74) is 3.89. The van der Waals surface area contributed by atoms with Crippen LogP contribution in [0.4, 0.5) is 5.69 Å². The molecule has 0 aromatic carbocycles. The highest BCUT2D eigenvalue weighted by Gasteiger charge is 2.22. The highest BCUT2D eigenvalue weighted by atomic mass is 35.5. The number of halogens is 1. The van der Waals surface area contributed by atoms with Crippen LogP contribution in [0.5, 0.6) is 0 Å². The molecule has 6 nitrogen and oxygen atoms in total. The number of carbonyl (C=O) groups is 1. The summed E-state index contributed by atoms with van der Waals surface area (Å²) in [5, 5.41) is 6.01. The van der Waals surface area contributed by atoms with Crippen molar-refractivity contribution in [1.29, 1.82) is 0 Å². The molecule has 0 saturated heterocycles. The van der Waals surface area contributed by atoms with Gasteiger partial charge in [0.05, 0.1) is 18.1 Å². The molecule has 1 atom stereocenters. The molecule has 0 amide bonds. The molecule has 0 aliphatic carbocycles. The monoisotopic (exact) mass is 342 g/mol. The van der Waals surface area contributed by atoms with Crippen LogP contribution in [0.3, 0.4) is 0 Å². The topological polar surface area (TPSA) is 59.4 Å². The number of ether oxygens (including phenoxy) is 1. The Bertz CT molecular complexity index is 541. The summed E-state index contributed by atoms with van der Waals surface area (Å²) in [6.45, 7) is 8.16. The third kappa shape index (κ3) is 4.94. The van der Waals surface area contributed by atoms with E-state index in [1.54, 1.807) is 22.1 Å². The van der Waals surface area contributed by atoms with E-state index in [-0.39, 0.29) is 11.7 Å². The van der Waals surface area contributed by atoms with E-state index in [0.29, 0.717) is 6.73 Å². The van der Waals surface area contributed by atoms with Crippen molar-refractivity contribution in [2.45, 2.75) is 38.5 Å². The highest BCUT2D eigenvalue weighted by molar-refractivity contribution is 6.76. The summed E-state index contributed by atoms with van der Waals surface area (Å²) >= 11 is 5.77. The Morgan fingerprint density at radius 1 is 1.45 bits per heavy atom. The average molecular weight is 343 g/mol. The summed E-state index contributed by atoms with van der Waals surface area (Å²) in [6.07, 6.45) is 6.79. The van der Waals surface area contributed by atoms with E-state index in [0.717, 1.165) is 18.3 Å². The van der Waals surface area contributed by atoms with Crippen molar-refractivity contribution >= 4 is 31.1 Å². The number of nitrogens with zero attached hydrogens (tertiary/aromatic N) is 3. The van der Waals surface area contributed by atoms with Gasteiger partial charge in [-0.15, -0.1) is 11.6 Å². The van der Waals surface area contributed by atoms with Gasteiger partial charge in [0, 0.05) is 32.8 Å². The van der Waals surface area contributed by atoms with Gasteiger partial charge in [0.2, 0.25) is 0 Å². The van der Waals surface area contributed by atoms with Gasteiger partial charge >= 0.3 is 0 Å². The van der Waals surface area contributed by atoms with E-state index in [1.807, 2.05) is 6.20 Å². The third-order valence-corrected chi connectivity index (χ3v) is 5.31. The fourth-order valence-corrected chi connectivity index (χ4v) is 2.87. The second-order valence-corrected chi connectivity index (χ2v) is 12.4. The number of alkyl halides is 1. The number of rotatable bonds is 7. The normalized spacial score (nSPS) is 19.0. The number of anilines is 1. The van der Waals surface area contributed by atoms with Crippen molar-refractivity contribution in [3.8, 4) is 0 Å². The number of hydrazine groups is 1. The molecule has 0 unspecified atom stereocenters. The first-order valence-electron chi connectivity index (χ1n) is 7.33. The van der Waals surface area contributed by atoms with E-state index in [1.165, 1.54) is 6.08 Å². The molecule has 1 N–H and O–H groups in total. The molecule has 1 aromatic heterocycles. The zero-order chi connectivity index (χ0) is 16.2. The van der Waals surface area contributed by atoms with Crippen molar-refractivity contribution in [2.75, 3.05) is 17.5 Å². The Kier molecular flexibility index (Phi) is 5.79. The summed E-state index contributed by atoms with van der Waals surface area (Å²) in [7, 11) is -1.06. The highest BCUT2D eigenvalue weighted by Crippen LogP contribution is 2.15. The molecule has 8 heteroatoms. The molecule has 0 radical (unpaired) electrons. The van der Waals surface area contributed by atoms with Gasteiger partial charge in [-0.1, -0.05) is 19.6 Å². The largest absolute Gasteiger partial charge is 0.360 e. The average Bonchev–Trinajstić information content (AvgIpc) is 2.92. The molecule has 0 bridgehead atoms. The van der Waals surface area contributed by atoms with Crippen molar-refractivity contribution in [3.05, 3.63) is 24.7 Å². The SMILES string of the molecule is C[Si](C)(C)CCOCn1cc(N2C=CC(=O)[C@@H](CCl)N2)cn1. The predicted octanol–water partition coefficient (Wildman–Crippen LogP) is 2.21. The Morgan fingerprint density at radius 2 is 2.23 bits per heavy atom. The van der Waals surface area contributed by atoms with Crippen LogP contribution in [0.1, 0.15) is 0 Å². The molecule has 22 heavy (non-hydrogen) atoms. The van der Waals surface area contributed by atoms with Crippen LogP contribution in [0, 0.1) is 0 Å². The van der Waals surface area contributed by atoms with Crippen molar-refractivity contribution < 1.29 is 9.53 Å². The first-order valence-corrected chi connectivity index (χ1v) is 11.6. The summed E-state index contributed by atoms with van der Waals surface area (Å²) in [4.78, 5) is 11.6. The Labute approximate surface area is 137 Å². The maximum absolute atomic E-state index is 11.6. The lowest BCUT2D eigenvalue weighted by molar-refractivity contribution is -0.116. The van der Waals surface area contributed by atoms with Crippen LogP contribution in [-0.4, -0.2) is 42.2 Å². The number of hydrogen-bond acceptors (Lipinski definition) is 5. The number of carbonyl (C=O) groups excluding carboxylic acids is 1. The van der Waals surface area contributed by atoms with Crippen molar-refractivity contribution in [2.24, 2.45) is 0 Å². The van der Waals surface area contributed by atoms with Gasteiger partial charge in [-0.25, -0.2) is 10.1 Å². The lowest BCUT2D eigenvalue weighted by Crippen LogP contribution is -2.49. The number of ketones is 1. The quantitative estimate of drug-likeness (QED) is 0.467. The zero-order valence-corrected chi connectivity index (χ0v) is 15.0. The van der Waals surface area contributed by atoms with Crippen molar-refractivity contribution in [3.63, 3.8) is 0 Å². The first-order chi connectivity index (χ1) is 10.4. The van der Waals surface area contributed by atoms with Crippen molar-refractivity contribution in [1.82, 2.24) is 15.2 Å². The standard InChI is InChI=1S/C14H23ClN4O2Si/c1-22(2,3)7-6-21-11-18-10-12(9-16-18)19-5-4-14(20)13(8-15)17-19/h4-5,9-10,13,17H,6-8,11H2,1-3H3/t13-/m1/s1. The Morgan fingerprint density at radius 3 is 2.91 bits per heavy atom. The predicted molar refractivity (Wildman–Crippen MR) is 90.6 cm³/mol. The van der Waals surface area contributed by atoms with Gasteiger partial charge in [0.15, 0.2) is 5.78 Å². The summed E-state index contributed by atoms with van der Waals surface area (Å²) in [6, 6.07) is 0.736. The second kappa shape index (κ2) is 7.41. The van der Waals surface area contributed by atoms with E-state index < -0.39 is 14.1 Å². The molecule has 2 rings (SSSR count). The maximum atomic E-state index is 11.6. The van der Waals surface area contributed by atoms with Gasteiger partial charge < -0.3 is 4.74 Å². The van der Waals surface area contributed by atoms with Gasteiger partial charge in [0.25, 0.3) is 0 Å². The minimum atomic E-state index is -1.06. The third-order valence-electron chi connectivity index (χ3n) is 3.30. The number of aromatic nitrogens is 2. The molecule has 1 aliphatic rings. The molecule has 0 saturated carbocycles.